The van der Waals surface area contributed by atoms with Gasteiger partial charge in [0.1, 0.15) is 5.82 Å². The van der Waals surface area contributed by atoms with Crippen molar-refractivity contribution in [2.24, 2.45) is 5.73 Å². The van der Waals surface area contributed by atoms with Crippen molar-refractivity contribution in [2.45, 2.75) is 6.04 Å². The Hall–Kier alpha value is -0.910. The van der Waals surface area contributed by atoms with Crippen LogP contribution in [-0.2, 0) is 0 Å². The molecule has 2 nitrogen and oxygen atoms in total. The first-order chi connectivity index (χ1) is 9.10. The van der Waals surface area contributed by atoms with Crippen LogP contribution in [0.3, 0.4) is 0 Å². The van der Waals surface area contributed by atoms with Gasteiger partial charge in [-0.1, -0.05) is 44.0 Å². The highest BCUT2D eigenvalue weighted by Gasteiger charge is 2.14. The van der Waals surface area contributed by atoms with Gasteiger partial charge in [0.2, 0.25) is 0 Å². The lowest BCUT2D eigenvalue weighted by atomic mass is 10.1. The zero-order chi connectivity index (χ0) is 13.8. The molecule has 2 aromatic carbocycles. The minimum atomic E-state index is -0.271. The molecule has 0 radical (unpaired) electrons. The van der Waals surface area contributed by atoms with Gasteiger partial charge in [0.15, 0.2) is 0 Å². The topological polar surface area (TPSA) is 38.0 Å². The second kappa shape index (κ2) is 6.50. The Balaban J connectivity index is 2.25. The molecule has 1 atom stereocenters. The van der Waals surface area contributed by atoms with Gasteiger partial charge < -0.3 is 11.1 Å². The van der Waals surface area contributed by atoms with E-state index >= 15 is 0 Å². The van der Waals surface area contributed by atoms with Crippen molar-refractivity contribution in [3.63, 3.8) is 0 Å². The molecule has 100 valence electrons. The second-order valence-electron chi connectivity index (χ2n) is 4.11. The Bertz CT molecular complexity index is 575. The molecule has 0 aromatic heterocycles. The third-order valence-electron chi connectivity index (χ3n) is 2.74. The summed E-state index contributed by atoms with van der Waals surface area (Å²) in [5.74, 6) is -0.271. The van der Waals surface area contributed by atoms with E-state index in [1.54, 1.807) is 6.07 Å². The maximum absolute atomic E-state index is 13.9. The SMILES string of the molecule is NCC(Nc1cccc(Br)c1)c1ccc(Br)cc1F. The number of hydrogen-bond donors (Lipinski definition) is 2. The molecule has 0 saturated carbocycles. The van der Waals surface area contributed by atoms with Crippen LogP contribution in [-0.4, -0.2) is 6.54 Å². The van der Waals surface area contributed by atoms with Crippen LogP contribution in [0, 0.1) is 5.82 Å². The fourth-order valence-corrected chi connectivity index (χ4v) is 2.56. The molecule has 19 heavy (non-hydrogen) atoms. The number of hydrogen-bond acceptors (Lipinski definition) is 2. The average molecular weight is 388 g/mol. The van der Waals surface area contributed by atoms with Crippen molar-refractivity contribution in [1.29, 1.82) is 0 Å². The second-order valence-corrected chi connectivity index (χ2v) is 5.94. The molecule has 0 amide bonds. The first-order valence-electron chi connectivity index (χ1n) is 5.77. The maximum atomic E-state index is 13.9. The first kappa shape index (κ1) is 14.5. The molecule has 1 unspecified atom stereocenters. The Morgan fingerprint density at radius 1 is 1.11 bits per heavy atom. The Labute approximate surface area is 128 Å². The van der Waals surface area contributed by atoms with Gasteiger partial charge in [-0.3, -0.25) is 0 Å². The van der Waals surface area contributed by atoms with Gasteiger partial charge >= 0.3 is 0 Å². The van der Waals surface area contributed by atoms with Gasteiger partial charge in [-0.15, -0.1) is 0 Å². The number of benzene rings is 2. The van der Waals surface area contributed by atoms with E-state index in [1.165, 1.54) is 6.07 Å². The molecule has 2 rings (SSSR count). The molecule has 5 heteroatoms. The van der Waals surface area contributed by atoms with E-state index in [-0.39, 0.29) is 11.9 Å². The van der Waals surface area contributed by atoms with Crippen LogP contribution in [0.25, 0.3) is 0 Å². The van der Waals surface area contributed by atoms with Gasteiger partial charge in [-0.25, -0.2) is 4.39 Å². The summed E-state index contributed by atoms with van der Waals surface area (Å²) < 4.78 is 15.6. The average Bonchev–Trinajstić information content (AvgIpc) is 2.37. The number of rotatable bonds is 4. The van der Waals surface area contributed by atoms with Gasteiger partial charge in [-0.2, -0.15) is 0 Å². The van der Waals surface area contributed by atoms with Gasteiger partial charge in [0, 0.05) is 26.7 Å². The van der Waals surface area contributed by atoms with Crippen molar-refractivity contribution in [2.75, 3.05) is 11.9 Å². The van der Waals surface area contributed by atoms with Gasteiger partial charge in [0.25, 0.3) is 0 Å². The van der Waals surface area contributed by atoms with Crippen LogP contribution in [0.1, 0.15) is 11.6 Å². The molecule has 0 aliphatic rings. The summed E-state index contributed by atoms with van der Waals surface area (Å²) in [6.45, 7) is 0.311. The van der Waals surface area contributed by atoms with Crippen molar-refractivity contribution in [3.8, 4) is 0 Å². The Morgan fingerprint density at radius 3 is 2.47 bits per heavy atom. The predicted octanol–water partition coefficient (Wildman–Crippen LogP) is 4.46. The smallest absolute Gasteiger partial charge is 0.129 e. The monoisotopic (exact) mass is 386 g/mol. The number of anilines is 1. The zero-order valence-electron chi connectivity index (χ0n) is 10.0. The van der Waals surface area contributed by atoms with E-state index in [4.69, 9.17) is 5.73 Å². The molecule has 0 saturated heterocycles. The van der Waals surface area contributed by atoms with E-state index in [2.05, 4.69) is 37.2 Å². The van der Waals surface area contributed by atoms with Gasteiger partial charge in [0.05, 0.1) is 6.04 Å². The van der Waals surface area contributed by atoms with Crippen molar-refractivity contribution in [3.05, 3.63) is 62.8 Å². The number of halogens is 3. The lowest BCUT2D eigenvalue weighted by Crippen LogP contribution is -2.21. The largest absolute Gasteiger partial charge is 0.377 e. The van der Waals surface area contributed by atoms with Crippen molar-refractivity contribution < 1.29 is 4.39 Å². The predicted molar refractivity (Wildman–Crippen MR) is 83.7 cm³/mol. The molecular weight excluding hydrogens is 375 g/mol. The fraction of sp³-hybridized carbons (Fsp3) is 0.143. The van der Waals surface area contributed by atoms with E-state index in [0.717, 1.165) is 10.2 Å². The highest BCUT2D eigenvalue weighted by molar-refractivity contribution is 9.10. The minimum absolute atomic E-state index is 0.262. The summed E-state index contributed by atoms with van der Waals surface area (Å²) >= 11 is 6.65. The summed E-state index contributed by atoms with van der Waals surface area (Å²) in [6.07, 6.45) is 0. The third kappa shape index (κ3) is 3.78. The first-order valence-corrected chi connectivity index (χ1v) is 7.36. The van der Waals surface area contributed by atoms with E-state index in [1.807, 2.05) is 30.3 Å². The Kier molecular flexibility index (Phi) is 4.96. The molecule has 0 aliphatic heterocycles. The van der Waals surface area contributed by atoms with E-state index < -0.39 is 0 Å². The van der Waals surface area contributed by atoms with Crippen molar-refractivity contribution >= 4 is 37.5 Å². The molecule has 0 heterocycles. The molecule has 3 N–H and O–H groups in total. The molecule has 0 aliphatic carbocycles. The van der Waals surface area contributed by atoms with Crippen LogP contribution in [0.2, 0.25) is 0 Å². The fourth-order valence-electron chi connectivity index (χ4n) is 1.83. The molecule has 2 aromatic rings. The lowest BCUT2D eigenvalue weighted by molar-refractivity contribution is 0.592. The maximum Gasteiger partial charge on any atom is 0.129 e. The quantitative estimate of drug-likeness (QED) is 0.812. The molecule has 0 spiro atoms. The third-order valence-corrected chi connectivity index (χ3v) is 3.73. The molecular formula is C14H13Br2FN2. The van der Waals surface area contributed by atoms with Crippen LogP contribution < -0.4 is 11.1 Å². The summed E-state index contributed by atoms with van der Waals surface area (Å²) in [7, 11) is 0. The highest BCUT2D eigenvalue weighted by atomic mass is 79.9. The highest BCUT2D eigenvalue weighted by Crippen LogP contribution is 2.25. The normalized spacial score (nSPS) is 12.2. The van der Waals surface area contributed by atoms with Crippen LogP contribution in [0.5, 0.6) is 0 Å². The zero-order valence-corrected chi connectivity index (χ0v) is 13.2. The van der Waals surface area contributed by atoms with E-state index in [9.17, 15) is 4.39 Å². The van der Waals surface area contributed by atoms with Crippen LogP contribution in [0.15, 0.2) is 51.4 Å². The summed E-state index contributed by atoms with van der Waals surface area (Å²) in [5.41, 5.74) is 7.20. The number of nitrogens with one attached hydrogen (secondary N) is 1. The van der Waals surface area contributed by atoms with Crippen LogP contribution >= 0.6 is 31.9 Å². The molecule has 0 fully saturated rings. The minimum Gasteiger partial charge on any atom is -0.377 e. The Morgan fingerprint density at radius 2 is 1.84 bits per heavy atom. The van der Waals surface area contributed by atoms with Crippen molar-refractivity contribution in [1.82, 2.24) is 0 Å². The van der Waals surface area contributed by atoms with E-state index in [0.29, 0.717) is 16.6 Å². The lowest BCUT2D eigenvalue weighted by Gasteiger charge is -2.19. The summed E-state index contributed by atoms with van der Waals surface area (Å²) in [4.78, 5) is 0. The number of nitrogens with two attached hydrogens (primary N) is 1. The van der Waals surface area contributed by atoms with Gasteiger partial charge in [-0.05, 0) is 30.3 Å². The standard InChI is InChI=1S/C14H13Br2FN2/c15-9-2-1-3-11(6-9)19-14(8-18)12-5-4-10(16)7-13(12)17/h1-7,14,19H,8,18H2. The summed E-state index contributed by atoms with van der Waals surface area (Å²) in [6, 6.07) is 12.4. The van der Waals surface area contributed by atoms with Crippen LogP contribution in [0.4, 0.5) is 10.1 Å². The molecule has 0 bridgehead atoms. The summed E-state index contributed by atoms with van der Waals surface area (Å²) in [5, 5.41) is 3.24.